The lowest BCUT2D eigenvalue weighted by molar-refractivity contribution is 0.0169. The standard InChI is InChI=1S/C12H23N3S/c1-10-8-15-6-3-2-4-11(15)9-14(10)7-5-12(13)16/h10-11H,2-9H2,1H3,(H2,13,16). The summed E-state index contributed by atoms with van der Waals surface area (Å²) in [7, 11) is 0. The number of hydrogen-bond acceptors (Lipinski definition) is 3. The van der Waals surface area contributed by atoms with Gasteiger partial charge in [-0.05, 0) is 26.3 Å². The fourth-order valence-electron chi connectivity index (χ4n) is 2.98. The molecule has 2 atom stereocenters. The maximum absolute atomic E-state index is 5.58. The summed E-state index contributed by atoms with van der Waals surface area (Å²) < 4.78 is 0. The van der Waals surface area contributed by atoms with E-state index in [4.69, 9.17) is 18.0 Å². The van der Waals surface area contributed by atoms with Crippen molar-refractivity contribution in [1.82, 2.24) is 9.80 Å². The van der Waals surface area contributed by atoms with Crippen LogP contribution in [0.25, 0.3) is 0 Å². The Bertz CT molecular complexity index is 257. The van der Waals surface area contributed by atoms with Crippen LogP contribution in [0.4, 0.5) is 0 Å². The normalized spacial score (nSPS) is 32.3. The van der Waals surface area contributed by atoms with Gasteiger partial charge in [-0.1, -0.05) is 18.6 Å². The predicted octanol–water partition coefficient (Wildman–Crippen LogP) is 1.22. The molecule has 2 aliphatic rings. The number of nitrogens with zero attached hydrogens (tertiary/aromatic N) is 2. The summed E-state index contributed by atoms with van der Waals surface area (Å²) in [5.74, 6) is 0. The molecule has 2 rings (SSSR count). The highest BCUT2D eigenvalue weighted by Crippen LogP contribution is 2.23. The van der Waals surface area contributed by atoms with Crippen LogP contribution >= 0.6 is 12.2 Å². The van der Waals surface area contributed by atoms with Crippen LogP contribution in [0.1, 0.15) is 32.6 Å². The van der Waals surface area contributed by atoms with E-state index in [0.717, 1.165) is 19.0 Å². The molecule has 0 aromatic rings. The van der Waals surface area contributed by atoms with Crippen molar-refractivity contribution >= 4 is 17.2 Å². The third-order valence-corrected chi connectivity index (χ3v) is 4.17. The van der Waals surface area contributed by atoms with Crippen LogP contribution in [-0.2, 0) is 0 Å². The molecule has 92 valence electrons. The number of thiocarbonyl (C=S) groups is 1. The molecule has 2 heterocycles. The van der Waals surface area contributed by atoms with Crippen molar-refractivity contribution in [2.75, 3.05) is 26.2 Å². The van der Waals surface area contributed by atoms with E-state index in [9.17, 15) is 0 Å². The molecule has 0 aromatic carbocycles. The van der Waals surface area contributed by atoms with Crippen LogP contribution in [0.5, 0.6) is 0 Å². The maximum atomic E-state index is 5.58. The lowest BCUT2D eigenvalue weighted by atomic mass is 9.97. The van der Waals surface area contributed by atoms with E-state index in [1.807, 2.05) is 0 Å². The zero-order chi connectivity index (χ0) is 11.5. The Labute approximate surface area is 104 Å². The van der Waals surface area contributed by atoms with Gasteiger partial charge in [-0.2, -0.15) is 0 Å². The Balaban J connectivity index is 1.87. The highest BCUT2D eigenvalue weighted by atomic mass is 32.1. The molecule has 2 saturated heterocycles. The van der Waals surface area contributed by atoms with E-state index >= 15 is 0 Å². The summed E-state index contributed by atoms with van der Waals surface area (Å²) in [6.45, 7) is 7.11. The summed E-state index contributed by atoms with van der Waals surface area (Å²) in [4.78, 5) is 5.88. The van der Waals surface area contributed by atoms with E-state index in [1.165, 1.54) is 38.9 Å². The second-order valence-electron chi connectivity index (χ2n) is 5.20. The Morgan fingerprint density at radius 3 is 2.94 bits per heavy atom. The first-order valence-electron chi connectivity index (χ1n) is 6.43. The van der Waals surface area contributed by atoms with Gasteiger partial charge in [0.2, 0.25) is 0 Å². The van der Waals surface area contributed by atoms with Crippen LogP contribution in [-0.4, -0.2) is 53.1 Å². The molecule has 4 heteroatoms. The molecule has 0 bridgehead atoms. The maximum Gasteiger partial charge on any atom is 0.0740 e. The van der Waals surface area contributed by atoms with Crippen LogP contribution in [0.3, 0.4) is 0 Å². The Morgan fingerprint density at radius 2 is 2.19 bits per heavy atom. The lowest BCUT2D eigenvalue weighted by Crippen LogP contribution is -2.58. The topological polar surface area (TPSA) is 32.5 Å². The highest BCUT2D eigenvalue weighted by Gasteiger charge is 2.32. The van der Waals surface area contributed by atoms with Crippen molar-refractivity contribution < 1.29 is 0 Å². The molecule has 2 aliphatic heterocycles. The van der Waals surface area contributed by atoms with Crippen LogP contribution in [0.2, 0.25) is 0 Å². The number of piperazine rings is 1. The minimum Gasteiger partial charge on any atom is -0.393 e. The van der Waals surface area contributed by atoms with Crippen LogP contribution < -0.4 is 5.73 Å². The zero-order valence-corrected chi connectivity index (χ0v) is 11.0. The molecular weight excluding hydrogens is 218 g/mol. The van der Waals surface area contributed by atoms with Crippen LogP contribution in [0.15, 0.2) is 0 Å². The number of piperidine rings is 1. The van der Waals surface area contributed by atoms with E-state index in [0.29, 0.717) is 11.0 Å². The Hall–Kier alpha value is -0.190. The van der Waals surface area contributed by atoms with Gasteiger partial charge >= 0.3 is 0 Å². The fourth-order valence-corrected chi connectivity index (χ4v) is 3.07. The summed E-state index contributed by atoms with van der Waals surface area (Å²) in [6, 6.07) is 1.44. The van der Waals surface area contributed by atoms with Crippen molar-refractivity contribution in [3.05, 3.63) is 0 Å². The third kappa shape index (κ3) is 2.93. The van der Waals surface area contributed by atoms with Gasteiger partial charge in [0.15, 0.2) is 0 Å². The van der Waals surface area contributed by atoms with Gasteiger partial charge in [-0.15, -0.1) is 0 Å². The smallest absolute Gasteiger partial charge is 0.0740 e. The molecule has 0 aromatic heterocycles. The first-order chi connectivity index (χ1) is 7.66. The average molecular weight is 241 g/mol. The average Bonchev–Trinajstić information content (AvgIpc) is 2.26. The number of hydrogen-bond donors (Lipinski definition) is 1. The molecule has 0 saturated carbocycles. The Morgan fingerprint density at radius 1 is 1.38 bits per heavy atom. The first-order valence-corrected chi connectivity index (χ1v) is 6.84. The fraction of sp³-hybridized carbons (Fsp3) is 0.917. The van der Waals surface area contributed by atoms with Gasteiger partial charge in [0, 0.05) is 38.1 Å². The molecule has 0 spiro atoms. The van der Waals surface area contributed by atoms with Gasteiger partial charge in [-0.3, -0.25) is 9.80 Å². The molecule has 2 fully saturated rings. The summed E-state index contributed by atoms with van der Waals surface area (Å²) in [6.07, 6.45) is 5.03. The van der Waals surface area contributed by atoms with Crippen molar-refractivity contribution in [3.63, 3.8) is 0 Å². The van der Waals surface area contributed by atoms with Gasteiger partial charge in [-0.25, -0.2) is 0 Å². The van der Waals surface area contributed by atoms with E-state index in [-0.39, 0.29) is 0 Å². The van der Waals surface area contributed by atoms with E-state index < -0.39 is 0 Å². The van der Waals surface area contributed by atoms with Gasteiger partial charge < -0.3 is 5.73 Å². The SMILES string of the molecule is CC1CN2CCCCC2CN1CCC(N)=S. The predicted molar refractivity (Wildman–Crippen MR) is 71.6 cm³/mol. The molecule has 2 unspecified atom stereocenters. The molecule has 16 heavy (non-hydrogen) atoms. The first kappa shape index (κ1) is 12.3. The minimum absolute atomic E-state index is 0.651. The second kappa shape index (κ2) is 5.43. The molecule has 3 nitrogen and oxygen atoms in total. The number of rotatable bonds is 3. The number of fused-ring (bicyclic) bond motifs is 1. The monoisotopic (exact) mass is 241 g/mol. The van der Waals surface area contributed by atoms with Gasteiger partial charge in [0.25, 0.3) is 0 Å². The number of nitrogens with two attached hydrogens (primary N) is 1. The largest absolute Gasteiger partial charge is 0.393 e. The van der Waals surface area contributed by atoms with Crippen molar-refractivity contribution in [2.45, 2.75) is 44.7 Å². The third-order valence-electron chi connectivity index (χ3n) is 3.96. The van der Waals surface area contributed by atoms with E-state index in [2.05, 4.69) is 16.7 Å². The lowest BCUT2D eigenvalue weighted by Gasteiger charge is -2.47. The van der Waals surface area contributed by atoms with Crippen molar-refractivity contribution in [3.8, 4) is 0 Å². The van der Waals surface area contributed by atoms with Gasteiger partial charge in [0.05, 0.1) is 4.99 Å². The van der Waals surface area contributed by atoms with E-state index in [1.54, 1.807) is 0 Å². The zero-order valence-electron chi connectivity index (χ0n) is 10.2. The summed E-state index contributed by atoms with van der Waals surface area (Å²) >= 11 is 4.96. The molecule has 0 radical (unpaired) electrons. The molecule has 0 amide bonds. The Kier molecular flexibility index (Phi) is 4.16. The molecule has 2 N–H and O–H groups in total. The molecular formula is C12H23N3S. The van der Waals surface area contributed by atoms with Crippen molar-refractivity contribution in [2.24, 2.45) is 5.73 Å². The van der Waals surface area contributed by atoms with Crippen molar-refractivity contribution in [1.29, 1.82) is 0 Å². The second-order valence-corrected chi connectivity index (χ2v) is 5.73. The summed E-state index contributed by atoms with van der Waals surface area (Å²) in [5, 5.41) is 0. The quantitative estimate of drug-likeness (QED) is 0.753. The summed E-state index contributed by atoms with van der Waals surface area (Å²) in [5.41, 5.74) is 5.58. The van der Waals surface area contributed by atoms with Crippen LogP contribution in [0, 0.1) is 0 Å². The molecule has 0 aliphatic carbocycles. The highest BCUT2D eigenvalue weighted by molar-refractivity contribution is 7.80. The minimum atomic E-state index is 0.651. The van der Waals surface area contributed by atoms with Gasteiger partial charge in [0.1, 0.15) is 0 Å².